The Kier molecular flexibility index (Phi) is 2.55. The summed E-state index contributed by atoms with van der Waals surface area (Å²) in [5.41, 5.74) is 7.68. The van der Waals surface area contributed by atoms with E-state index >= 15 is 0 Å². The summed E-state index contributed by atoms with van der Waals surface area (Å²) in [5, 5.41) is 7.45. The molecule has 0 atom stereocenters. The van der Waals surface area contributed by atoms with Gasteiger partial charge < -0.3 is 11.1 Å². The number of nitrogens with two attached hydrogens (primary N) is 1. The first kappa shape index (κ1) is 10.9. The number of aromatic nitrogens is 3. The molecule has 0 aliphatic carbocycles. The summed E-state index contributed by atoms with van der Waals surface area (Å²) >= 11 is 0. The van der Waals surface area contributed by atoms with Crippen molar-refractivity contribution in [2.24, 2.45) is 5.73 Å². The van der Waals surface area contributed by atoms with Crippen molar-refractivity contribution >= 4 is 11.5 Å². The lowest BCUT2D eigenvalue weighted by molar-refractivity contribution is 0.547. The summed E-state index contributed by atoms with van der Waals surface area (Å²) < 4.78 is 1.78. The molecule has 0 saturated carbocycles. The van der Waals surface area contributed by atoms with Crippen LogP contribution >= 0.6 is 0 Å². The summed E-state index contributed by atoms with van der Waals surface area (Å²) in [6.07, 6.45) is 1.55. The van der Waals surface area contributed by atoms with Crippen LogP contribution in [0.15, 0.2) is 18.5 Å². The molecule has 0 aliphatic heterocycles. The Labute approximate surface area is 94.7 Å². The van der Waals surface area contributed by atoms with Gasteiger partial charge in [-0.15, -0.1) is 0 Å². The summed E-state index contributed by atoms with van der Waals surface area (Å²) in [7, 11) is 0. The van der Waals surface area contributed by atoms with Gasteiger partial charge in [0.05, 0.1) is 0 Å². The number of nitrogens with zero attached hydrogens (tertiary/aromatic N) is 3. The van der Waals surface area contributed by atoms with Crippen molar-refractivity contribution in [3.8, 4) is 0 Å². The maximum absolute atomic E-state index is 5.93. The third-order valence-corrected chi connectivity index (χ3v) is 2.25. The summed E-state index contributed by atoms with van der Waals surface area (Å²) in [5.74, 6) is 0.922. The first-order valence-electron chi connectivity index (χ1n) is 5.29. The van der Waals surface area contributed by atoms with E-state index in [4.69, 9.17) is 5.73 Å². The van der Waals surface area contributed by atoms with Crippen LogP contribution in [-0.4, -0.2) is 26.7 Å². The maximum Gasteiger partial charge on any atom is 0.157 e. The fraction of sp³-hybridized carbons (Fsp3) is 0.455. The lowest BCUT2D eigenvalue weighted by Crippen LogP contribution is -2.40. The van der Waals surface area contributed by atoms with Crippen LogP contribution in [-0.2, 0) is 0 Å². The molecule has 2 heterocycles. The van der Waals surface area contributed by atoms with Gasteiger partial charge in [-0.3, -0.25) is 0 Å². The zero-order chi connectivity index (χ0) is 11.8. The van der Waals surface area contributed by atoms with Crippen LogP contribution < -0.4 is 11.1 Å². The van der Waals surface area contributed by atoms with E-state index < -0.39 is 0 Å². The Morgan fingerprint density at radius 3 is 2.88 bits per heavy atom. The number of anilines is 1. The van der Waals surface area contributed by atoms with Crippen molar-refractivity contribution < 1.29 is 0 Å². The van der Waals surface area contributed by atoms with Gasteiger partial charge in [0.1, 0.15) is 12.1 Å². The second-order valence-electron chi connectivity index (χ2n) is 4.79. The van der Waals surface area contributed by atoms with E-state index in [1.165, 1.54) is 0 Å². The number of rotatable bonds is 3. The van der Waals surface area contributed by atoms with Crippen LogP contribution in [0.5, 0.6) is 0 Å². The van der Waals surface area contributed by atoms with Crippen molar-refractivity contribution in [3.05, 3.63) is 24.0 Å². The Hall–Kier alpha value is -1.62. The van der Waals surface area contributed by atoms with E-state index in [2.05, 4.69) is 15.4 Å². The number of pyridine rings is 1. The number of hydrogen-bond acceptors (Lipinski definition) is 4. The standard InChI is InChI=1S/C11H17N5/c1-8-4-9(13-6-11(2,3)12)16-10(5-8)14-7-15-16/h4-5,7,13H,6,12H2,1-3H3. The smallest absolute Gasteiger partial charge is 0.157 e. The largest absolute Gasteiger partial charge is 0.368 e. The van der Waals surface area contributed by atoms with E-state index in [9.17, 15) is 0 Å². The van der Waals surface area contributed by atoms with Gasteiger partial charge in [0.15, 0.2) is 5.65 Å². The van der Waals surface area contributed by atoms with Crippen molar-refractivity contribution in [2.75, 3.05) is 11.9 Å². The number of fused-ring (bicyclic) bond motifs is 1. The molecular formula is C11H17N5. The summed E-state index contributed by atoms with van der Waals surface area (Å²) in [6, 6.07) is 4.03. The van der Waals surface area contributed by atoms with Crippen molar-refractivity contribution in [1.29, 1.82) is 0 Å². The Bertz CT molecular complexity index is 495. The summed E-state index contributed by atoms with van der Waals surface area (Å²) in [6.45, 7) is 6.68. The van der Waals surface area contributed by atoms with Gasteiger partial charge in [0.25, 0.3) is 0 Å². The highest BCUT2D eigenvalue weighted by Crippen LogP contribution is 2.13. The zero-order valence-electron chi connectivity index (χ0n) is 9.86. The highest BCUT2D eigenvalue weighted by Gasteiger charge is 2.11. The minimum Gasteiger partial charge on any atom is -0.368 e. The quantitative estimate of drug-likeness (QED) is 0.813. The first-order chi connectivity index (χ1) is 7.46. The van der Waals surface area contributed by atoms with Gasteiger partial charge in [-0.25, -0.2) is 4.98 Å². The SMILES string of the molecule is Cc1cc(NCC(C)(C)N)n2ncnc2c1. The molecule has 2 aromatic heterocycles. The molecule has 2 rings (SSSR count). The van der Waals surface area contributed by atoms with E-state index in [-0.39, 0.29) is 5.54 Å². The molecule has 0 aromatic carbocycles. The summed E-state index contributed by atoms with van der Waals surface area (Å²) in [4.78, 5) is 4.17. The highest BCUT2D eigenvalue weighted by atomic mass is 15.3. The molecule has 0 aliphatic rings. The fourth-order valence-electron chi connectivity index (χ4n) is 1.50. The molecule has 86 valence electrons. The van der Waals surface area contributed by atoms with Gasteiger partial charge in [0, 0.05) is 12.1 Å². The lowest BCUT2D eigenvalue weighted by Gasteiger charge is -2.20. The predicted octanol–water partition coefficient (Wildman–Crippen LogP) is 1.19. The molecular weight excluding hydrogens is 202 g/mol. The van der Waals surface area contributed by atoms with E-state index in [1.807, 2.05) is 32.9 Å². The average molecular weight is 219 g/mol. The van der Waals surface area contributed by atoms with Crippen LogP contribution in [0.1, 0.15) is 19.4 Å². The third-order valence-electron chi connectivity index (χ3n) is 2.25. The van der Waals surface area contributed by atoms with Crippen LogP contribution in [0.25, 0.3) is 5.65 Å². The minimum absolute atomic E-state index is 0.253. The maximum atomic E-state index is 5.93. The number of hydrogen-bond donors (Lipinski definition) is 2. The fourth-order valence-corrected chi connectivity index (χ4v) is 1.50. The average Bonchev–Trinajstić information content (AvgIpc) is 2.60. The van der Waals surface area contributed by atoms with E-state index in [1.54, 1.807) is 10.8 Å². The zero-order valence-corrected chi connectivity index (χ0v) is 9.86. The van der Waals surface area contributed by atoms with Crippen molar-refractivity contribution in [1.82, 2.24) is 14.6 Å². The molecule has 3 N–H and O–H groups in total. The lowest BCUT2D eigenvalue weighted by atomic mass is 10.1. The molecule has 5 heteroatoms. The second kappa shape index (κ2) is 3.75. The topological polar surface area (TPSA) is 68.2 Å². The second-order valence-corrected chi connectivity index (χ2v) is 4.79. The Morgan fingerprint density at radius 2 is 2.19 bits per heavy atom. The normalized spacial score (nSPS) is 12.0. The van der Waals surface area contributed by atoms with Crippen LogP contribution in [0.2, 0.25) is 0 Å². The van der Waals surface area contributed by atoms with E-state index in [0.717, 1.165) is 17.0 Å². The third kappa shape index (κ3) is 2.30. The molecule has 5 nitrogen and oxygen atoms in total. The monoisotopic (exact) mass is 219 g/mol. The van der Waals surface area contributed by atoms with Gasteiger partial charge in [-0.05, 0) is 38.5 Å². The number of aryl methyl sites for hydroxylation is 1. The Balaban J connectivity index is 2.32. The van der Waals surface area contributed by atoms with Gasteiger partial charge in [-0.1, -0.05) is 0 Å². The molecule has 0 spiro atoms. The molecule has 0 amide bonds. The van der Waals surface area contributed by atoms with Crippen molar-refractivity contribution in [3.63, 3.8) is 0 Å². The predicted molar refractivity (Wildman–Crippen MR) is 64.5 cm³/mol. The van der Waals surface area contributed by atoms with Crippen LogP contribution in [0.4, 0.5) is 5.82 Å². The molecule has 16 heavy (non-hydrogen) atoms. The molecule has 0 bridgehead atoms. The van der Waals surface area contributed by atoms with Gasteiger partial charge in [0.2, 0.25) is 0 Å². The van der Waals surface area contributed by atoms with Gasteiger partial charge in [-0.2, -0.15) is 9.61 Å². The highest BCUT2D eigenvalue weighted by molar-refractivity contribution is 5.51. The van der Waals surface area contributed by atoms with Crippen molar-refractivity contribution in [2.45, 2.75) is 26.3 Å². The number of nitrogens with one attached hydrogen (secondary N) is 1. The van der Waals surface area contributed by atoms with Crippen LogP contribution in [0.3, 0.4) is 0 Å². The van der Waals surface area contributed by atoms with Gasteiger partial charge >= 0.3 is 0 Å². The minimum atomic E-state index is -0.253. The molecule has 0 unspecified atom stereocenters. The molecule has 2 aromatic rings. The molecule has 0 fully saturated rings. The molecule has 0 saturated heterocycles. The van der Waals surface area contributed by atoms with E-state index in [0.29, 0.717) is 6.54 Å². The molecule has 0 radical (unpaired) electrons. The first-order valence-corrected chi connectivity index (χ1v) is 5.29. The van der Waals surface area contributed by atoms with Crippen LogP contribution in [0, 0.1) is 6.92 Å². The Morgan fingerprint density at radius 1 is 1.44 bits per heavy atom.